The van der Waals surface area contributed by atoms with Gasteiger partial charge < -0.3 is 11.1 Å². The molecule has 0 aliphatic rings. The van der Waals surface area contributed by atoms with Crippen LogP contribution in [0, 0.1) is 12.7 Å². The highest BCUT2D eigenvalue weighted by Gasteiger charge is 2.05. The van der Waals surface area contributed by atoms with Gasteiger partial charge in [0, 0.05) is 12.7 Å². The van der Waals surface area contributed by atoms with Gasteiger partial charge in [0.25, 0.3) is 0 Å². The zero-order valence-electron chi connectivity index (χ0n) is 7.94. The van der Waals surface area contributed by atoms with Crippen molar-refractivity contribution in [3.63, 3.8) is 0 Å². The smallest absolute Gasteiger partial charge is 0.192 e. The van der Waals surface area contributed by atoms with Crippen molar-refractivity contribution in [2.45, 2.75) is 6.92 Å². The molecule has 76 valence electrons. The maximum atomic E-state index is 13.0. The Morgan fingerprint density at radius 1 is 1.57 bits per heavy atom. The molecule has 0 spiro atoms. The van der Waals surface area contributed by atoms with E-state index in [-0.39, 0.29) is 5.82 Å². The Morgan fingerprint density at radius 3 is 2.79 bits per heavy atom. The van der Waals surface area contributed by atoms with E-state index in [0.29, 0.717) is 10.4 Å². The van der Waals surface area contributed by atoms with Crippen LogP contribution in [-0.4, -0.2) is 13.0 Å². The fraction of sp³-hybridized carbons (Fsp3) is 0.222. The number of guanidine groups is 1. The van der Waals surface area contributed by atoms with E-state index in [0.717, 1.165) is 11.3 Å². The Balaban J connectivity index is 3.04. The molecule has 0 bridgehead atoms. The van der Waals surface area contributed by atoms with Crippen LogP contribution in [0.2, 0.25) is 0 Å². The normalized spacial score (nSPS) is 11.6. The van der Waals surface area contributed by atoms with Crippen molar-refractivity contribution in [3.8, 4) is 0 Å². The van der Waals surface area contributed by atoms with Crippen LogP contribution >= 0.6 is 15.9 Å². The lowest BCUT2D eigenvalue weighted by Crippen LogP contribution is -2.22. The molecule has 0 unspecified atom stereocenters. The van der Waals surface area contributed by atoms with Crippen molar-refractivity contribution in [1.29, 1.82) is 0 Å². The molecule has 0 amide bonds. The summed E-state index contributed by atoms with van der Waals surface area (Å²) in [6.07, 6.45) is 0. The van der Waals surface area contributed by atoms with Crippen LogP contribution in [0.3, 0.4) is 0 Å². The van der Waals surface area contributed by atoms with Gasteiger partial charge in [-0.05, 0) is 40.5 Å². The van der Waals surface area contributed by atoms with Gasteiger partial charge in [0.2, 0.25) is 0 Å². The Labute approximate surface area is 90.3 Å². The summed E-state index contributed by atoms with van der Waals surface area (Å²) in [4.78, 5) is 3.75. The van der Waals surface area contributed by atoms with Crippen molar-refractivity contribution < 1.29 is 4.39 Å². The van der Waals surface area contributed by atoms with Crippen LogP contribution in [0.4, 0.5) is 10.1 Å². The van der Waals surface area contributed by atoms with Crippen molar-refractivity contribution in [2.24, 2.45) is 10.7 Å². The van der Waals surface area contributed by atoms with Crippen molar-refractivity contribution in [1.82, 2.24) is 0 Å². The summed E-state index contributed by atoms with van der Waals surface area (Å²) in [6.45, 7) is 1.79. The molecule has 3 N–H and O–H groups in total. The molecule has 0 atom stereocenters. The van der Waals surface area contributed by atoms with Crippen molar-refractivity contribution in [3.05, 3.63) is 28.0 Å². The quantitative estimate of drug-likeness (QED) is 0.601. The molecule has 5 heteroatoms. The highest BCUT2D eigenvalue weighted by atomic mass is 79.9. The summed E-state index contributed by atoms with van der Waals surface area (Å²) in [5.74, 6) is 0.00617. The molecular formula is C9H11BrFN3. The Bertz CT molecular complexity index is 377. The molecule has 0 saturated carbocycles. The molecule has 0 fully saturated rings. The molecule has 0 aliphatic heterocycles. The minimum absolute atomic E-state index is 0.292. The first kappa shape index (κ1) is 11.0. The predicted octanol–water partition coefficient (Wildman–Crippen LogP) is 2.25. The summed E-state index contributed by atoms with van der Waals surface area (Å²) in [5, 5.41) is 2.86. The lowest BCUT2D eigenvalue weighted by molar-refractivity contribution is 0.620. The first-order chi connectivity index (χ1) is 6.54. The van der Waals surface area contributed by atoms with E-state index in [9.17, 15) is 4.39 Å². The molecule has 0 aromatic heterocycles. The first-order valence-electron chi connectivity index (χ1n) is 3.99. The van der Waals surface area contributed by atoms with Gasteiger partial charge in [0.1, 0.15) is 5.82 Å². The van der Waals surface area contributed by atoms with Gasteiger partial charge in [0.15, 0.2) is 5.96 Å². The van der Waals surface area contributed by atoms with Crippen molar-refractivity contribution in [2.75, 3.05) is 12.4 Å². The lowest BCUT2D eigenvalue weighted by atomic mass is 10.2. The van der Waals surface area contributed by atoms with Crippen LogP contribution in [-0.2, 0) is 0 Å². The van der Waals surface area contributed by atoms with Gasteiger partial charge in [-0.1, -0.05) is 0 Å². The standard InChI is InChI=1S/C9H11BrFN3/c1-5-3-7(11)6(10)4-8(5)14-9(12)13-2/h3-4H,1-2H3,(H3,12,13,14). The molecule has 1 aromatic rings. The summed E-state index contributed by atoms with van der Waals surface area (Å²) in [7, 11) is 1.58. The summed E-state index contributed by atoms with van der Waals surface area (Å²) in [6, 6.07) is 3.05. The van der Waals surface area contributed by atoms with Gasteiger partial charge in [-0.2, -0.15) is 0 Å². The number of nitrogens with zero attached hydrogens (tertiary/aromatic N) is 1. The first-order valence-corrected chi connectivity index (χ1v) is 4.79. The number of hydrogen-bond donors (Lipinski definition) is 2. The van der Waals surface area contributed by atoms with E-state index in [4.69, 9.17) is 5.73 Å². The van der Waals surface area contributed by atoms with Crippen LogP contribution in [0.15, 0.2) is 21.6 Å². The van der Waals surface area contributed by atoms with Gasteiger partial charge in [-0.25, -0.2) is 4.39 Å². The zero-order valence-corrected chi connectivity index (χ0v) is 9.52. The molecule has 0 heterocycles. The van der Waals surface area contributed by atoms with Crippen LogP contribution < -0.4 is 11.1 Å². The molecule has 14 heavy (non-hydrogen) atoms. The Morgan fingerprint density at radius 2 is 2.21 bits per heavy atom. The average Bonchev–Trinajstić information content (AvgIpc) is 2.14. The largest absolute Gasteiger partial charge is 0.370 e. The number of hydrogen-bond acceptors (Lipinski definition) is 1. The number of halogens is 2. The number of nitrogens with two attached hydrogens (primary N) is 1. The molecule has 0 saturated heterocycles. The highest BCUT2D eigenvalue weighted by Crippen LogP contribution is 2.23. The number of aryl methyl sites for hydroxylation is 1. The van der Waals surface area contributed by atoms with Crippen molar-refractivity contribution >= 4 is 27.6 Å². The Hall–Kier alpha value is -1.10. The SMILES string of the molecule is CN=C(N)Nc1cc(Br)c(F)cc1C. The third-order valence-corrected chi connectivity index (χ3v) is 2.38. The summed E-state index contributed by atoms with van der Waals surface area (Å²) < 4.78 is 13.4. The second-order valence-electron chi connectivity index (χ2n) is 2.82. The topological polar surface area (TPSA) is 50.4 Å². The molecule has 1 rings (SSSR count). The fourth-order valence-corrected chi connectivity index (χ4v) is 1.32. The maximum Gasteiger partial charge on any atom is 0.192 e. The minimum atomic E-state index is -0.292. The van der Waals surface area contributed by atoms with Gasteiger partial charge in [-0.15, -0.1) is 0 Å². The maximum absolute atomic E-state index is 13.0. The second-order valence-corrected chi connectivity index (χ2v) is 3.67. The summed E-state index contributed by atoms with van der Waals surface area (Å²) in [5.41, 5.74) is 7.00. The molecule has 1 aromatic carbocycles. The third kappa shape index (κ3) is 2.45. The minimum Gasteiger partial charge on any atom is -0.370 e. The van der Waals surface area contributed by atoms with E-state index in [1.165, 1.54) is 6.07 Å². The van der Waals surface area contributed by atoms with Gasteiger partial charge >= 0.3 is 0 Å². The number of anilines is 1. The van der Waals surface area contributed by atoms with Crippen LogP contribution in [0.1, 0.15) is 5.56 Å². The second kappa shape index (κ2) is 4.41. The lowest BCUT2D eigenvalue weighted by Gasteiger charge is -2.09. The molecule has 0 radical (unpaired) electrons. The van der Waals surface area contributed by atoms with E-state index in [1.807, 2.05) is 0 Å². The Kier molecular flexibility index (Phi) is 3.46. The van der Waals surface area contributed by atoms with E-state index in [2.05, 4.69) is 26.2 Å². The van der Waals surface area contributed by atoms with Crippen LogP contribution in [0.25, 0.3) is 0 Å². The zero-order chi connectivity index (χ0) is 10.7. The predicted molar refractivity (Wildman–Crippen MR) is 60.0 cm³/mol. The number of aliphatic imine (C=N–C) groups is 1. The van der Waals surface area contributed by atoms with E-state index >= 15 is 0 Å². The average molecular weight is 260 g/mol. The molecule has 0 aliphatic carbocycles. The van der Waals surface area contributed by atoms with E-state index in [1.54, 1.807) is 20.0 Å². The number of rotatable bonds is 1. The molecule has 3 nitrogen and oxygen atoms in total. The van der Waals surface area contributed by atoms with Gasteiger partial charge in [-0.3, -0.25) is 4.99 Å². The fourth-order valence-electron chi connectivity index (χ4n) is 0.975. The van der Waals surface area contributed by atoms with E-state index < -0.39 is 0 Å². The monoisotopic (exact) mass is 259 g/mol. The third-order valence-electron chi connectivity index (χ3n) is 1.77. The number of nitrogens with one attached hydrogen (secondary N) is 1. The summed E-state index contributed by atoms with van der Waals surface area (Å²) >= 11 is 3.10. The molecular weight excluding hydrogens is 249 g/mol. The number of benzene rings is 1. The van der Waals surface area contributed by atoms with Gasteiger partial charge in [0.05, 0.1) is 4.47 Å². The van der Waals surface area contributed by atoms with Crippen LogP contribution in [0.5, 0.6) is 0 Å². The highest BCUT2D eigenvalue weighted by molar-refractivity contribution is 9.10.